The predicted octanol–water partition coefficient (Wildman–Crippen LogP) is 2.67. The molecule has 0 atom stereocenters. The third kappa shape index (κ3) is 0.955. The first-order valence-corrected chi connectivity index (χ1v) is 3.59. The number of nitrogen functional groups attached to an aromatic ring is 1. The van der Waals surface area contributed by atoms with Crippen LogP contribution in [0.4, 0.5) is 5.69 Å². The molecule has 1 aromatic heterocycles. The summed E-state index contributed by atoms with van der Waals surface area (Å²) < 4.78 is 5.13. The zero-order valence-corrected chi connectivity index (χ0v) is 6.43. The van der Waals surface area contributed by atoms with Crippen LogP contribution in [-0.2, 0) is 0 Å². The molecule has 2 N–H and O–H groups in total. The van der Waals surface area contributed by atoms with Crippen molar-refractivity contribution in [2.24, 2.45) is 0 Å². The van der Waals surface area contributed by atoms with Crippen LogP contribution in [0.5, 0.6) is 0 Å². The number of benzene rings is 1. The van der Waals surface area contributed by atoms with E-state index in [4.69, 9.17) is 21.8 Å². The number of halogens is 1. The van der Waals surface area contributed by atoms with E-state index in [1.165, 1.54) is 0 Å². The molecule has 0 bridgehead atoms. The van der Waals surface area contributed by atoms with E-state index in [0.717, 1.165) is 11.0 Å². The second kappa shape index (κ2) is 2.17. The highest BCUT2D eigenvalue weighted by atomic mass is 35.5. The lowest BCUT2D eigenvalue weighted by atomic mass is 10.2. The highest BCUT2D eigenvalue weighted by molar-refractivity contribution is 6.30. The molecule has 2 rings (SSSR count). The molecule has 0 unspecified atom stereocenters. The quantitative estimate of drug-likeness (QED) is 0.613. The van der Waals surface area contributed by atoms with E-state index in [0.29, 0.717) is 10.9 Å². The molecule has 0 aliphatic heterocycles. The first-order chi connectivity index (χ1) is 5.27. The molecule has 0 aliphatic carbocycles. The fourth-order valence-electron chi connectivity index (χ4n) is 1.05. The minimum Gasteiger partial charge on any atom is -0.445 e. The SMILES string of the molecule is Nc1cccc2oc(Cl)cc12. The molecule has 0 spiro atoms. The molecule has 2 nitrogen and oxygen atoms in total. The smallest absolute Gasteiger partial charge is 0.194 e. The summed E-state index contributed by atoms with van der Waals surface area (Å²) in [6, 6.07) is 7.19. The lowest BCUT2D eigenvalue weighted by molar-refractivity contribution is 0.618. The van der Waals surface area contributed by atoms with Crippen LogP contribution in [0.25, 0.3) is 11.0 Å². The number of furan rings is 1. The van der Waals surface area contributed by atoms with Crippen LogP contribution >= 0.6 is 11.6 Å². The lowest BCUT2D eigenvalue weighted by Gasteiger charge is -1.90. The van der Waals surface area contributed by atoms with Gasteiger partial charge in [0, 0.05) is 17.1 Å². The first kappa shape index (κ1) is 6.55. The third-order valence-corrected chi connectivity index (χ3v) is 1.75. The summed E-state index contributed by atoms with van der Waals surface area (Å²) in [4.78, 5) is 0. The minimum absolute atomic E-state index is 0.373. The van der Waals surface area contributed by atoms with Crippen LogP contribution in [0.15, 0.2) is 28.7 Å². The molecule has 0 fully saturated rings. The standard InChI is InChI=1S/C8H6ClNO/c9-8-4-5-6(10)2-1-3-7(5)11-8/h1-4H,10H2. The maximum Gasteiger partial charge on any atom is 0.194 e. The van der Waals surface area contributed by atoms with Gasteiger partial charge in [0.15, 0.2) is 5.22 Å². The van der Waals surface area contributed by atoms with Gasteiger partial charge in [0.25, 0.3) is 0 Å². The molecule has 0 radical (unpaired) electrons. The molecule has 3 heteroatoms. The van der Waals surface area contributed by atoms with Crippen LogP contribution in [-0.4, -0.2) is 0 Å². The number of rotatable bonds is 0. The van der Waals surface area contributed by atoms with Crippen LogP contribution in [0.1, 0.15) is 0 Å². The monoisotopic (exact) mass is 167 g/mol. The van der Waals surface area contributed by atoms with Crippen molar-refractivity contribution < 1.29 is 4.42 Å². The number of hydrogen-bond acceptors (Lipinski definition) is 2. The van der Waals surface area contributed by atoms with Crippen LogP contribution in [0, 0.1) is 0 Å². The van der Waals surface area contributed by atoms with Gasteiger partial charge in [0.2, 0.25) is 0 Å². The molecule has 11 heavy (non-hydrogen) atoms. The summed E-state index contributed by atoms with van der Waals surface area (Å²) in [5.74, 6) is 0. The van der Waals surface area contributed by atoms with E-state index >= 15 is 0 Å². The van der Waals surface area contributed by atoms with Gasteiger partial charge >= 0.3 is 0 Å². The Morgan fingerprint density at radius 2 is 2.18 bits per heavy atom. The summed E-state index contributed by atoms with van der Waals surface area (Å²) >= 11 is 5.63. The number of anilines is 1. The maximum absolute atomic E-state index is 5.65. The van der Waals surface area contributed by atoms with Gasteiger partial charge in [0.05, 0.1) is 0 Å². The molecule has 1 aromatic carbocycles. The van der Waals surface area contributed by atoms with Crippen LogP contribution in [0.2, 0.25) is 5.22 Å². The first-order valence-electron chi connectivity index (χ1n) is 3.21. The average molecular weight is 168 g/mol. The van der Waals surface area contributed by atoms with Gasteiger partial charge in [-0.15, -0.1) is 0 Å². The normalized spacial score (nSPS) is 10.6. The molecule has 0 saturated carbocycles. The average Bonchev–Trinajstić information content (AvgIpc) is 2.31. The Balaban J connectivity index is 2.90. The summed E-state index contributed by atoms with van der Waals surface area (Å²) in [7, 11) is 0. The van der Waals surface area contributed by atoms with E-state index in [-0.39, 0.29) is 0 Å². The van der Waals surface area contributed by atoms with Gasteiger partial charge in [-0.3, -0.25) is 0 Å². The minimum atomic E-state index is 0.373. The molecular formula is C8H6ClNO. The van der Waals surface area contributed by atoms with Gasteiger partial charge in [-0.25, -0.2) is 0 Å². The van der Waals surface area contributed by atoms with Gasteiger partial charge in [-0.2, -0.15) is 0 Å². The van der Waals surface area contributed by atoms with E-state index in [1.807, 2.05) is 18.2 Å². The van der Waals surface area contributed by atoms with Crippen molar-refractivity contribution in [1.82, 2.24) is 0 Å². The van der Waals surface area contributed by atoms with Crippen LogP contribution in [0.3, 0.4) is 0 Å². The molecular weight excluding hydrogens is 162 g/mol. The molecule has 0 aliphatic rings. The van der Waals surface area contributed by atoms with Crippen molar-refractivity contribution in [3.63, 3.8) is 0 Å². The zero-order valence-electron chi connectivity index (χ0n) is 5.67. The van der Waals surface area contributed by atoms with Crippen molar-refractivity contribution in [3.8, 4) is 0 Å². The van der Waals surface area contributed by atoms with Gasteiger partial charge < -0.3 is 10.2 Å². The van der Waals surface area contributed by atoms with E-state index in [2.05, 4.69) is 0 Å². The van der Waals surface area contributed by atoms with Crippen molar-refractivity contribution in [2.75, 3.05) is 5.73 Å². The van der Waals surface area contributed by atoms with E-state index < -0.39 is 0 Å². The second-order valence-corrected chi connectivity index (χ2v) is 2.68. The number of fused-ring (bicyclic) bond motifs is 1. The predicted molar refractivity (Wildman–Crippen MR) is 45.6 cm³/mol. The van der Waals surface area contributed by atoms with Crippen molar-refractivity contribution in [1.29, 1.82) is 0 Å². The third-order valence-electron chi connectivity index (χ3n) is 1.57. The van der Waals surface area contributed by atoms with Crippen LogP contribution < -0.4 is 5.73 Å². The summed E-state index contributed by atoms with van der Waals surface area (Å²) in [5.41, 5.74) is 7.08. The maximum atomic E-state index is 5.65. The molecule has 1 heterocycles. The Bertz CT molecular complexity index is 394. The highest BCUT2D eigenvalue weighted by Gasteiger charge is 2.02. The van der Waals surface area contributed by atoms with E-state index in [1.54, 1.807) is 6.07 Å². The molecule has 56 valence electrons. The van der Waals surface area contributed by atoms with Gasteiger partial charge in [0.1, 0.15) is 5.58 Å². The van der Waals surface area contributed by atoms with Gasteiger partial charge in [-0.1, -0.05) is 6.07 Å². The Labute approximate surface area is 68.6 Å². The van der Waals surface area contributed by atoms with E-state index in [9.17, 15) is 0 Å². The number of hydrogen-bond donors (Lipinski definition) is 1. The Morgan fingerprint density at radius 1 is 1.36 bits per heavy atom. The summed E-state index contributed by atoms with van der Waals surface area (Å²) in [5, 5.41) is 1.25. The number of nitrogens with two attached hydrogens (primary N) is 1. The largest absolute Gasteiger partial charge is 0.445 e. The van der Waals surface area contributed by atoms with Crippen molar-refractivity contribution in [3.05, 3.63) is 29.5 Å². The summed E-state index contributed by atoms with van der Waals surface area (Å²) in [6.45, 7) is 0. The van der Waals surface area contributed by atoms with Crippen molar-refractivity contribution >= 4 is 28.3 Å². The fourth-order valence-corrected chi connectivity index (χ4v) is 1.24. The fraction of sp³-hybridized carbons (Fsp3) is 0. The van der Waals surface area contributed by atoms with Gasteiger partial charge in [-0.05, 0) is 23.7 Å². The summed E-state index contributed by atoms with van der Waals surface area (Å²) in [6.07, 6.45) is 0. The van der Waals surface area contributed by atoms with Crippen molar-refractivity contribution in [2.45, 2.75) is 0 Å². The Kier molecular flexibility index (Phi) is 1.29. The molecule has 2 aromatic rings. The molecule has 0 saturated heterocycles. The Hall–Kier alpha value is -1.15. The second-order valence-electron chi connectivity index (χ2n) is 2.31. The Morgan fingerprint density at radius 3 is 2.91 bits per heavy atom. The lowest BCUT2D eigenvalue weighted by Crippen LogP contribution is -1.82. The zero-order chi connectivity index (χ0) is 7.84. The molecule has 0 amide bonds. The topological polar surface area (TPSA) is 39.2 Å². The highest BCUT2D eigenvalue weighted by Crippen LogP contribution is 2.26.